The van der Waals surface area contributed by atoms with E-state index in [1.165, 1.54) is 48.5 Å². The number of amides is 2. The van der Waals surface area contributed by atoms with Gasteiger partial charge in [-0.1, -0.05) is 0 Å². The minimum Gasteiger partial charge on any atom is -0.484 e. The second-order valence-corrected chi connectivity index (χ2v) is 10.4. The Morgan fingerprint density at radius 2 is 1.06 bits per heavy atom. The molecule has 0 bridgehead atoms. The highest BCUT2D eigenvalue weighted by Gasteiger charge is 2.30. The summed E-state index contributed by atoms with van der Waals surface area (Å²) in [6, 6.07) is 12.6. The van der Waals surface area contributed by atoms with Crippen molar-refractivity contribution in [3.63, 3.8) is 0 Å². The first-order valence-corrected chi connectivity index (χ1v) is 12.5. The minimum atomic E-state index is -3.73. The largest absolute Gasteiger partial charge is 0.484 e. The molecule has 2 fully saturated rings. The molecule has 2 amide bonds. The molecular weight excluding hydrogens is 444 g/mol. The van der Waals surface area contributed by atoms with Gasteiger partial charge in [0, 0.05) is 26.2 Å². The molecule has 8 nitrogen and oxygen atoms in total. The van der Waals surface area contributed by atoms with E-state index in [0.717, 1.165) is 25.7 Å². The normalized spacial score (nSPS) is 15.6. The van der Waals surface area contributed by atoms with Gasteiger partial charge in [0.05, 0.1) is 9.79 Å². The summed E-state index contributed by atoms with van der Waals surface area (Å²) < 4.78 is 36.9. The van der Waals surface area contributed by atoms with Gasteiger partial charge < -0.3 is 19.3 Å². The van der Waals surface area contributed by atoms with E-state index in [2.05, 4.69) is 0 Å². The Bertz CT molecular complexity index is 1020. The maximum atomic E-state index is 12.9. The lowest BCUT2D eigenvalue weighted by molar-refractivity contribution is -0.133. The van der Waals surface area contributed by atoms with Crippen molar-refractivity contribution in [1.29, 1.82) is 0 Å². The first kappa shape index (κ1) is 23.1. The van der Waals surface area contributed by atoms with Gasteiger partial charge in [0.15, 0.2) is 13.2 Å². The molecule has 0 N–H and O–H groups in total. The summed E-state index contributed by atoms with van der Waals surface area (Å²) >= 11 is 0. The third kappa shape index (κ3) is 5.65. The second kappa shape index (κ2) is 9.43. The number of hydrogen-bond donors (Lipinski definition) is 0. The van der Waals surface area contributed by atoms with Gasteiger partial charge in [-0.3, -0.25) is 9.59 Å². The Balaban J connectivity index is 1.33. The molecule has 0 unspecified atom stereocenters. The van der Waals surface area contributed by atoms with E-state index in [1.807, 2.05) is 0 Å². The fourth-order valence-corrected chi connectivity index (χ4v) is 4.65. The van der Waals surface area contributed by atoms with E-state index in [9.17, 15) is 18.0 Å². The molecule has 2 aliphatic rings. The third-order valence-electron chi connectivity index (χ3n) is 5.97. The van der Waals surface area contributed by atoms with Crippen molar-refractivity contribution >= 4 is 21.7 Å². The molecule has 33 heavy (non-hydrogen) atoms. The summed E-state index contributed by atoms with van der Waals surface area (Å²) in [6.45, 7) is -0.168. The molecule has 2 aliphatic carbocycles. The number of carbonyl (C=O) groups is 2. The Labute approximate surface area is 194 Å². The Hall–Kier alpha value is -3.07. The molecule has 0 spiro atoms. The van der Waals surface area contributed by atoms with Crippen LogP contribution in [0, 0.1) is 0 Å². The van der Waals surface area contributed by atoms with Gasteiger partial charge in [-0.05, 0) is 74.2 Å². The average Bonchev–Trinajstić information content (AvgIpc) is 3.73. The van der Waals surface area contributed by atoms with Crippen LogP contribution in [0.4, 0.5) is 0 Å². The van der Waals surface area contributed by atoms with E-state index in [0.29, 0.717) is 23.6 Å². The molecule has 176 valence electrons. The summed E-state index contributed by atoms with van der Waals surface area (Å²) in [5, 5.41) is 0. The Morgan fingerprint density at radius 3 is 1.36 bits per heavy atom. The number of sulfone groups is 1. The van der Waals surface area contributed by atoms with Crippen LogP contribution in [0.2, 0.25) is 0 Å². The number of ether oxygens (including phenoxy) is 2. The molecule has 2 aromatic carbocycles. The highest BCUT2D eigenvalue weighted by Crippen LogP contribution is 2.27. The summed E-state index contributed by atoms with van der Waals surface area (Å²) in [6.07, 6.45) is 4.10. The maximum absolute atomic E-state index is 12.9. The summed E-state index contributed by atoms with van der Waals surface area (Å²) in [7, 11) is -0.202. The van der Waals surface area contributed by atoms with E-state index >= 15 is 0 Å². The van der Waals surface area contributed by atoms with Crippen molar-refractivity contribution in [3.8, 4) is 11.5 Å². The van der Waals surface area contributed by atoms with Crippen LogP contribution >= 0.6 is 0 Å². The highest BCUT2D eigenvalue weighted by molar-refractivity contribution is 7.91. The van der Waals surface area contributed by atoms with Crippen molar-refractivity contribution in [3.05, 3.63) is 48.5 Å². The van der Waals surface area contributed by atoms with Crippen LogP contribution in [0.15, 0.2) is 58.3 Å². The zero-order chi connectivity index (χ0) is 23.6. The van der Waals surface area contributed by atoms with Gasteiger partial charge in [-0.15, -0.1) is 0 Å². The molecular formula is C24H28N2O6S. The molecule has 2 aromatic rings. The van der Waals surface area contributed by atoms with Gasteiger partial charge in [-0.25, -0.2) is 8.42 Å². The Kier molecular flexibility index (Phi) is 6.60. The SMILES string of the molecule is CN(C(=O)COc1ccc(S(=O)(=O)c2ccc(OCC(=O)N(C)C3CC3)cc2)cc1)C1CC1. The summed E-state index contributed by atoms with van der Waals surface area (Å²) in [5.41, 5.74) is 0. The molecule has 0 atom stereocenters. The molecule has 4 rings (SSSR count). The predicted octanol–water partition coefficient (Wildman–Crippen LogP) is 2.52. The molecule has 0 aromatic heterocycles. The lowest BCUT2D eigenvalue weighted by atomic mass is 10.3. The van der Waals surface area contributed by atoms with Crippen LogP contribution in [0.1, 0.15) is 25.7 Å². The smallest absolute Gasteiger partial charge is 0.260 e. The molecule has 0 heterocycles. The topological polar surface area (TPSA) is 93.2 Å². The van der Waals surface area contributed by atoms with Gasteiger partial charge >= 0.3 is 0 Å². The number of hydrogen-bond acceptors (Lipinski definition) is 6. The molecule has 9 heteroatoms. The monoisotopic (exact) mass is 472 g/mol. The Morgan fingerprint density at radius 1 is 0.727 bits per heavy atom. The van der Waals surface area contributed by atoms with E-state index in [1.54, 1.807) is 23.9 Å². The zero-order valence-corrected chi connectivity index (χ0v) is 19.6. The quantitative estimate of drug-likeness (QED) is 0.528. The second-order valence-electron chi connectivity index (χ2n) is 8.50. The van der Waals surface area contributed by atoms with Crippen molar-refractivity contribution in [2.75, 3.05) is 27.3 Å². The number of likely N-dealkylation sites (N-methyl/N-ethyl adjacent to an activating group) is 2. The van der Waals surface area contributed by atoms with E-state index in [-0.39, 0.29) is 34.8 Å². The number of rotatable bonds is 10. The first-order valence-electron chi connectivity index (χ1n) is 11.0. The van der Waals surface area contributed by atoms with Crippen molar-refractivity contribution in [1.82, 2.24) is 9.80 Å². The minimum absolute atomic E-state index is 0.0838. The van der Waals surface area contributed by atoms with Crippen LogP contribution in [0.5, 0.6) is 11.5 Å². The van der Waals surface area contributed by atoms with Crippen molar-refractivity contribution in [2.45, 2.75) is 47.6 Å². The standard InChI is InChI=1S/C24H28N2O6S/c1-25(17-3-4-17)23(27)15-31-19-7-11-21(12-8-19)33(29,30)22-13-9-20(10-14-22)32-16-24(28)26(2)18-5-6-18/h7-14,17-18H,3-6,15-16H2,1-2H3. The lowest BCUT2D eigenvalue weighted by Crippen LogP contribution is -2.33. The van der Waals surface area contributed by atoms with E-state index in [4.69, 9.17) is 9.47 Å². The van der Waals surface area contributed by atoms with Crippen LogP contribution in [-0.4, -0.2) is 69.4 Å². The zero-order valence-electron chi connectivity index (χ0n) is 18.8. The van der Waals surface area contributed by atoms with Crippen LogP contribution in [0.3, 0.4) is 0 Å². The van der Waals surface area contributed by atoms with Gasteiger partial charge in [-0.2, -0.15) is 0 Å². The van der Waals surface area contributed by atoms with Crippen molar-refractivity contribution in [2.24, 2.45) is 0 Å². The van der Waals surface area contributed by atoms with Crippen molar-refractivity contribution < 1.29 is 27.5 Å². The fourth-order valence-electron chi connectivity index (χ4n) is 3.39. The molecule has 0 saturated heterocycles. The first-order chi connectivity index (χ1) is 15.8. The molecule has 0 radical (unpaired) electrons. The number of nitrogens with zero attached hydrogens (tertiary/aromatic N) is 2. The van der Waals surface area contributed by atoms with Crippen LogP contribution in [-0.2, 0) is 19.4 Å². The van der Waals surface area contributed by atoms with Crippen LogP contribution < -0.4 is 9.47 Å². The predicted molar refractivity (Wildman–Crippen MR) is 121 cm³/mol. The van der Waals surface area contributed by atoms with E-state index < -0.39 is 9.84 Å². The number of benzene rings is 2. The summed E-state index contributed by atoms with van der Waals surface area (Å²) in [5.74, 6) is 0.655. The molecule has 2 saturated carbocycles. The summed E-state index contributed by atoms with van der Waals surface area (Å²) in [4.78, 5) is 27.7. The fraction of sp³-hybridized carbons (Fsp3) is 0.417. The third-order valence-corrected chi connectivity index (χ3v) is 7.75. The maximum Gasteiger partial charge on any atom is 0.260 e. The number of carbonyl (C=O) groups excluding carboxylic acids is 2. The molecule has 0 aliphatic heterocycles. The van der Waals surface area contributed by atoms with Gasteiger partial charge in [0.2, 0.25) is 9.84 Å². The van der Waals surface area contributed by atoms with Crippen LogP contribution in [0.25, 0.3) is 0 Å². The van der Waals surface area contributed by atoms with Gasteiger partial charge in [0.1, 0.15) is 11.5 Å². The lowest BCUT2D eigenvalue weighted by Gasteiger charge is -2.16. The average molecular weight is 473 g/mol. The highest BCUT2D eigenvalue weighted by atomic mass is 32.2. The van der Waals surface area contributed by atoms with Gasteiger partial charge in [0.25, 0.3) is 11.8 Å².